The van der Waals surface area contributed by atoms with E-state index in [1.54, 1.807) is 7.05 Å². The molecule has 0 unspecified atom stereocenters. The fourth-order valence-electron chi connectivity index (χ4n) is 2.60. The third-order valence-corrected chi connectivity index (χ3v) is 4.50. The molecule has 0 radical (unpaired) electrons. The number of aliphatic imine (C=N–C) groups is 1. The summed E-state index contributed by atoms with van der Waals surface area (Å²) in [6.45, 7) is 5.33. The lowest BCUT2D eigenvalue weighted by Gasteiger charge is -2.12. The molecule has 0 amide bonds. The molecule has 0 spiro atoms. The first-order valence-corrected chi connectivity index (χ1v) is 9.10. The average molecular weight is 411 g/mol. The predicted molar refractivity (Wildman–Crippen MR) is 101 cm³/mol. The van der Waals surface area contributed by atoms with Crippen LogP contribution in [0.15, 0.2) is 32.2 Å². The van der Waals surface area contributed by atoms with Crippen molar-refractivity contribution in [1.29, 1.82) is 0 Å². The van der Waals surface area contributed by atoms with Gasteiger partial charge in [0.1, 0.15) is 11.6 Å². The number of aryl methyl sites for hydroxylation is 3. The van der Waals surface area contributed by atoms with Crippen molar-refractivity contribution < 1.29 is 8.91 Å². The van der Waals surface area contributed by atoms with Crippen LogP contribution in [-0.2, 0) is 12.8 Å². The maximum atomic E-state index is 13.8. The Bertz CT molecular complexity index is 710. The molecule has 0 bridgehead atoms. The SMILES string of the molecule is CN=C(NCCCc1ccc(Br)cc1F)NCCc1c(C)noc1C. The number of halogens is 2. The van der Waals surface area contributed by atoms with Crippen LogP contribution in [-0.4, -0.2) is 31.3 Å². The lowest BCUT2D eigenvalue weighted by molar-refractivity contribution is 0.392. The smallest absolute Gasteiger partial charge is 0.190 e. The van der Waals surface area contributed by atoms with Gasteiger partial charge in [0.2, 0.25) is 0 Å². The van der Waals surface area contributed by atoms with E-state index in [-0.39, 0.29) is 5.82 Å². The van der Waals surface area contributed by atoms with Crippen LogP contribution in [0.2, 0.25) is 0 Å². The van der Waals surface area contributed by atoms with Gasteiger partial charge in [0.25, 0.3) is 0 Å². The van der Waals surface area contributed by atoms with Gasteiger partial charge in [-0.2, -0.15) is 0 Å². The first kappa shape index (κ1) is 19.4. The molecule has 1 aromatic heterocycles. The van der Waals surface area contributed by atoms with E-state index in [4.69, 9.17) is 4.52 Å². The van der Waals surface area contributed by atoms with Gasteiger partial charge in [-0.15, -0.1) is 0 Å². The first-order valence-electron chi connectivity index (χ1n) is 8.31. The highest BCUT2D eigenvalue weighted by molar-refractivity contribution is 9.10. The molecule has 0 aliphatic heterocycles. The monoisotopic (exact) mass is 410 g/mol. The molecule has 0 fully saturated rings. The minimum absolute atomic E-state index is 0.170. The Morgan fingerprint density at radius 2 is 2.00 bits per heavy atom. The van der Waals surface area contributed by atoms with Gasteiger partial charge in [-0.05, 0) is 50.8 Å². The van der Waals surface area contributed by atoms with Gasteiger partial charge in [0.15, 0.2) is 5.96 Å². The zero-order chi connectivity index (χ0) is 18.2. The molecular weight excluding hydrogens is 387 g/mol. The van der Waals surface area contributed by atoms with E-state index in [1.165, 1.54) is 6.07 Å². The summed E-state index contributed by atoms with van der Waals surface area (Å²) in [5, 5.41) is 10.5. The summed E-state index contributed by atoms with van der Waals surface area (Å²) in [5.74, 6) is 1.43. The highest BCUT2D eigenvalue weighted by Gasteiger charge is 2.08. The molecule has 25 heavy (non-hydrogen) atoms. The maximum absolute atomic E-state index is 13.8. The molecule has 2 N–H and O–H groups in total. The van der Waals surface area contributed by atoms with E-state index in [9.17, 15) is 4.39 Å². The number of benzene rings is 1. The summed E-state index contributed by atoms with van der Waals surface area (Å²) < 4.78 is 19.7. The lowest BCUT2D eigenvalue weighted by Crippen LogP contribution is -2.38. The second kappa shape index (κ2) is 9.56. The molecule has 0 aliphatic rings. The Balaban J connectivity index is 1.70. The molecule has 0 atom stereocenters. The molecule has 0 aliphatic carbocycles. The van der Waals surface area contributed by atoms with Crippen LogP contribution in [0.3, 0.4) is 0 Å². The van der Waals surface area contributed by atoms with Crippen LogP contribution < -0.4 is 10.6 Å². The Hall–Kier alpha value is -1.89. The third-order valence-electron chi connectivity index (χ3n) is 4.00. The van der Waals surface area contributed by atoms with Crippen LogP contribution in [0.25, 0.3) is 0 Å². The van der Waals surface area contributed by atoms with Gasteiger partial charge in [0, 0.05) is 30.2 Å². The summed E-state index contributed by atoms with van der Waals surface area (Å²) in [5.41, 5.74) is 2.79. The Kier molecular flexibility index (Phi) is 7.43. The summed E-state index contributed by atoms with van der Waals surface area (Å²) >= 11 is 3.27. The maximum Gasteiger partial charge on any atom is 0.190 e. The standard InChI is InChI=1S/C18H24BrFN4O/c1-12-16(13(2)25-24-12)8-10-23-18(21-3)22-9-4-5-14-6-7-15(19)11-17(14)20/h6-7,11H,4-5,8-10H2,1-3H3,(H2,21,22,23). The quantitative estimate of drug-likeness (QED) is 0.416. The molecule has 1 heterocycles. The van der Waals surface area contributed by atoms with Crippen LogP contribution in [0, 0.1) is 19.7 Å². The van der Waals surface area contributed by atoms with E-state index in [1.807, 2.05) is 26.0 Å². The first-order chi connectivity index (χ1) is 12.0. The fourth-order valence-corrected chi connectivity index (χ4v) is 2.93. The number of nitrogens with zero attached hydrogens (tertiary/aromatic N) is 2. The summed E-state index contributed by atoms with van der Waals surface area (Å²) in [7, 11) is 1.74. The van der Waals surface area contributed by atoms with Crippen molar-refractivity contribution in [3.05, 3.63) is 51.1 Å². The van der Waals surface area contributed by atoms with Gasteiger partial charge >= 0.3 is 0 Å². The predicted octanol–water partition coefficient (Wildman–Crippen LogP) is 3.53. The molecule has 1 aromatic carbocycles. The van der Waals surface area contributed by atoms with Gasteiger partial charge < -0.3 is 15.2 Å². The molecular formula is C18H24BrFN4O. The topological polar surface area (TPSA) is 62.5 Å². The fraction of sp³-hybridized carbons (Fsp3) is 0.444. The van der Waals surface area contributed by atoms with Crippen molar-refractivity contribution in [3.63, 3.8) is 0 Å². The van der Waals surface area contributed by atoms with Crippen molar-refractivity contribution in [1.82, 2.24) is 15.8 Å². The van der Waals surface area contributed by atoms with Crippen LogP contribution in [0.5, 0.6) is 0 Å². The van der Waals surface area contributed by atoms with Gasteiger partial charge in [-0.25, -0.2) is 4.39 Å². The van der Waals surface area contributed by atoms with Gasteiger partial charge in [-0.3, -0.25) is 4.99 Å². The zero-order valence-electron chi connectivity index (χ0n) is 14.8. The highest BCUT2D eigenvalue weighted by Crippen LogP contribution is 2.16. The molecule has 7 heteroatoms. The van der Waals surface area contributed by atoms with Gasteiger partial charge in [-0.1, -0.05) is 27.2 Å². The molecule has 0 saturated heterocycles. The van der Waals surface area contributed by atoms with Crippen LogP contribution in [0.1, 0.15) is 29.0 Å². The van der Waals surface area contributed by atoms with Crippen LogP contribution >= 0.6 is 15.9 Å². The van der Waals surface area contributed by atoms with Crippen LogP contribution in [0.4, 0.5) is 4.39 Å². The Morgan fingerprint density at radius 3 is 2.64 bits per heavy atom. The van der Waals surface area contributed by atoms with Crippen molar-refractivity contribution >= 4 is 21.9 Å². The van der Waals surface area contributed by atoms with Gasteiger partial charge in [0.05, 0.1) is 5.69 Å². The number of hydrogen-bond donors (Lipinski definition) is 2. The molecule has 0 saturated carbocycles. The van der Waals surface area contributed by atoms with E-state index < -0.39 is 0 Å². The summed E-state index contributed by atoms with van der Waals surface area (Å²) in [6.07, 6.45) is 2.33. The zero-order valence-corrected chi connectivity index (χ0v) is 16.4. The normalized spacial score (nSPS) is 11.6. The lowest BCUT2D eigenvalue weighted by atomic mass is 10.1. The summed E-state index contributed by atoms with van der Waals surface area (Å²) in [4.78, 5) is 4.20. The van der Waals surface area contributed by atoms with Crippen molar-refractivity contribution in [2.75, 3.05) is 20.1 Å². The van der Waals surface area contributed by atoms with Crippen molar-refractivity contribution in [2.45, 2.75) is 33.1 Å². The number of rotatable bonds is 7. The minimum atomic E-state index is -0.170. The molecule has 2 rings (SSSR count). The number of hydrogen-bond acceptors (Lipinski definition) is 3. The summed E-state index contributed by atoms with van der Waals surface area (Å²) in [6, 6.07) is 5.18. The van der Waals surface area contributed by atoms with E-state index in [0.29, 0.717) is 6.42 Å². The highest BCUT2D eigenvalue weighted by atomic mass is 79.9. The molecule has 5 nitrogen and oxygen atoms in total. The second-order valence-corrected chi connectivity index (χ2v) is 6.73. The number of nitrogens with one attached hydrogen (secondary N) is 2. The number of aromatic nitrogens is 1. The van der Waals surface area contributed by atoms with E-state index in [0.717, 1.165) is 58.9 Å². The van der Waals surface area contributed by atoms with E-state index in [2.05, 4.69) is 36.7 Å². The van der Waals surface area contributed by atoms with Crippen molar-refractivity contribution in [3.8, 4) is 0 Å². The second-order valence-electron chi connectivity index (χ2n) is 5.82. The Morgan fingerprint density at radius 1 is 1.24 bits per heavy atom. The minimum Gasteiger partial charge on any atom is -0.361 e. The largest absolute Gasteiger partial charge is 0.361 e. The third kappa shape index (κ3) is 5.85. The van der Waals surface area contributed by atoms with Crippen molar-refractivity contribution in [2.24, 2.45) is 4.99 Å². The molecule has 2 aromatic rings. The molecule has 136 valence electrons. The van der Waals surface area contributed by atoms with E-state index >= 15 is 0 Å². The number of guanidine groups is 1. The Labute approximate surface area is 156 Å². The average Bonchev–Trinajstić information content (AvgIpc) is 2.90.